The molecule has 0 bridgehead atoms. The molecule has 2 atom stereocenters. The molecule has 2 aliphatic heterocycles. The van der Waals surface area contributed by atoms with E-state index in [1.54, 1.807) is 0 Å². The zero-order valence-electron chi connectivity index (χ0n) is 10.8. The highest BCUT2D eigenvalue weighted by Crippen LogP contribution is 2.17. The Hall–Kier alpha value is -1.06. The molecule has 0 aromatic carbocycles. The molecule has 1 saturated heterocycles. The Bertz CT molecular complexity index is 315. The van der Waals surface area contributed by atoms with Gasteiger partial charge in [0.25, 0.3) is 0 Å². The maximum absolute atomic E-state index is 11.5. The lowest BCUT2D eigenvalue weighted by Crippen LogP contribution is -2.30. The summed E-state index contributed by atoms with van der Waals surface area (Å²) < 4.78 is 5.56. The van der Waals surface area contributed by atoms with Gasteiger partial charge in [-0.3, -0.25) is 4.79 Å². The van der Waals surface area contributed by atoms with Gasteiger partial charge < -0.3 is 9.64 Å². The summed E-state index contributed by atoms with van der Waals surface area (Å²) in [5.41, 5.74) is 0. The van der Waals surface area contributed by atoms with Gasteiger partial charge in [0.15, 0.2) is 5.90 Å². The quantitative estimate of drug-likeness (QED) is 0.733. The predicted molar refractivity (Wildman–Crippen MR) is 67.1 cm³/mol. The zero-order valence-corrected chi connectivity index (χ0v) is 10.8. The summed E-state index contributed by atoms with van der Waals surface area (Å²) in [5.74, 6) is 1.62. The molecule has 0 aromatic heterocycles. The number of aliphatic imine (C=N–C) groups is 1. The number of amides is 1. The maximum atomic E-state index is 11.5. The number of nitrogens with zero attached hydrogens (tertiary/aromatic N) is 2. The molecular weight excluding hydrogens is 216 g/mol. The van der Waals surface area contributed by atoms with E-state index in [1.807, 2.05) is 4.90 Å². The molecule has 2 heterocycles. The van der Waals surface area contributed by atoms with Crippen molar-refractivity contribution in [2.45, 2.75) is 45.6 Å². The van der Waals surface area contributed by atoms with E-state index >= 15 is 0 Å². The minimum atomic E-state index is 0.303. The van der Waals surface area contributed by atoms with Crippen LogP contribution in [-0.2, 0) is 9.53 Å². The van der Waals surface area contributed by atoms with Crippen molar-refractivity contribution in [2.24, 2.45) is 10.9 Å². The highest BCUT2D eigenvalue weighted by Gasteiger charge is 2.24. The summed E-state index contributed by atoms with van der Waals surface area (Å²) in [4.78, 5) is 18.0. The Morgan fingerprint density at radius 1 is 1.59 bits per heavy atom. The molecular formula is C13H22N2O2. The summed E-state index contributed by atoms with van der Waals surface area (Å²) in [6, 6.07) is 0.352. The van der Waals surface area contributed by atoms with E-state index in [2.05, 4.69) is 18.8 Å². The Balaban J connectivity index is 1.77. The highest BCUT2D eigenvalue weighted by molar-refractivity contribution is 5.79. The second-order valence-corrected chi connectivity index (χ2v) is 5.15. The molecule has 0 aliphatic carbocycles. The number of hydrogen-bond acceptors (Lipinski definition) is 3. The first-order valence-electron chi connectivity index (χ1n) is 6.66. The largest absolute Gasteiger partial charge is 0.479 e. The van der Waals surface area contributed by atoms with E-state index in [1.165, 1.54) is 0 Å². The van der Waals surface area contributed by atoms with E-state index in [0.717, 1.165) is 51.3 Å². The molecule has 0 spiro atoms. The lowest BCUT2D eigenvalue weighted by Gasteiger charge is -2.20. The summed E-state index contributed by atoms with van der Waals surface area (Å²) >= 11 is 0. The fraction of sp³-hybridized carbons (Fsp3) is 0.846. The van der Waals surface area contributed by atoms with Gasteiger partial charge in [0.2, 0.25) is 5.91 Å². The van der Waals surface area contributed by atoms with Gasteiger partial charge >= 0.3 is 0 Å². The normalized spacial score (nSPS) is 26.0. The van der Waals surface area contributed by atoms with Crippen LogP contribution in [0.4, 0.5) is 0 Å². The Morgan fingerprint density at radius 3 is 3.00 bits per heavy atom. The van der Waals surface area contributed by atoms with Gasteiger partial charge in [-0.2, -0.15) is 0 Å². The predicted octanol–water partition coefficient (Wildman–Crippen LogP) is 1.84. The van der Waals surface area contributed by atoms with E-state index in [9.17, 15) is 4.79 Å². The summed E-state index contributed by atoms with van der Waals surface area (Å²) in [6.07, 6.45) is 3.64. The van der Waals surface area contributed by atoms with Crippen LogP contribution in [0.3, 0.4) is 0 Å². The smallest absolute Gasteiger partial charge is 0.222 e. The first-order chi connectivity index (χ1) is 8.19. The summed E-state index contributed by atoms with van der Waals surface area (Å²) in [6.45, 7) is 6.80. The van der Waals surface area contributed by atoms with Crippen molar-refractivity contribution in [1.82, 2.24) is 4.90 Å². The molecule has 0 aromatic rings. The SMILES string of the molecule is CCC1COC(CC(C)CN2CCCC2=O)=N1. The number of hydrogen-bond donors (Lipinski definition) is 0. The van der Waals surface area contributed by atoms with Gasteiger partial charge in [0.1, 0.15) is 6.61 Å². The second-order valence-electron chi connectivity index (χ2n) is 5.15. The number of carbonyl (C=O) groups is 1. The zero-order chi connectivity index (χ0) is 12.3. The van der Waals surface area contributed by atoms with Gasteiger partial charge in [-0.1, -0.05) is 13.8 Å². The van der Waals surface area contributed by atoms with Crippen LogP contribution in [0.25, 0.3) is 0 Å². The molecule has 0 radical (unpaired) electrons. The van der Waals surface area contributed by atoms with Crippen LogP contribution < -0.4 is 0 Å². The van der Waals surface area contributed by atoms with Crippen molar-refractivity contribution in [3.63, 3.8) is 0 Å². The molecule has 17 heavy (non-hydrogen) atoms. The number of likely N-dealkylation sites (tertiary alicyclic amines) is 1. The van der Waals surface area contributed by atoms with E-state index in [4.69, 9.17) is 4.74 Å². The van der Waals surface area contributed by atoms with Crippen LogP contribution in [-0.4, -0.2) is 42.4 Å². The molecule has 2 aliphatic rings. The van der Waals surface area contributed by atoms with Gasteiger partial charge in [0, 0.05) is 25.9 Å². The minimum Gasteiger partial charge on any atom is -0.479 e. The second kappa shape index (κ2) is 5.52. The fourth-order valence-corrected chi connectivity index (χ4v) is 2.43. The van der Waals surface area contributed by atoms with Crippen molar-refractivity contribution in [3.05, 3.63) is 0 Å². The van der Waals surface area contributed by atoms with Crippen LogP contribution in [0.5, 0.6) is 0 Å². The first kappa shape index (κ1) is 12.4. The highest BCUT2D eigenvalue weighted by atomic mass is 16.5. The minimum absolute atomic E-state index is 0.303. The standard InChI is InChI=1S/C13H22N2O2/c1-3-11-9-17-12(14-11)7-10(2)8-15-6-4-5-13(15)16/h10-11H,3-9H2,1-2H3. The fourth-order valence-electron chi connectivity index (χ4n) is 2.43. The molecule has 2 unspecified atom stereocenters. The third-order valence-corrected chi connectivity index (χ3v) is 3.47. The molecule has 0 N–H and O–H groups in total. The molecule has 2 rings (SSSR count). The average molecular weight is 238 g/mol. The van der Waals surface area contributed by atoms with Crippen molar-refractivity contribution >= 4 is 11.8 Å². The number of ether oxygens (including phenoxy) is 1. The van der Waals surface area contributed by atoms with Crippen LogP contribution in [0, 0.1) is 5.92 Å². The topological polar surface area (TPSA) is 41.9 Å². The van der Waals surface area contributed by atoms with Crippen molar-refractivity contribution in [2.75, 3.05) is 19.7 Å². The maximum Gasteiger partial charge on any atom is 0.222 e. The molecule has 1 amide bonds. The Morgan fingerprint density at radius 2 is 2.41 bits per heavy atom. The summed E-state index contributed by atoms with van der Waals surface area (Å²) in [5, 5.41) is 0. The van der Waals surface area contributed by atoms with Crippen LogP contribution in [0.15, 0.2) is 4.99 Å². The van der Waals surface area contributed by atoms with Gasteiger partial charge in [-0.25, -0.2) is 4.99 Å². The third kappa shape index (κ3) is 3.20. The van der Waals surface area contributed by atoms with Gasteiger partial charge in [-0.15, -0.1) is 0 Å². The van der Waals surface area contributed by atoms with Crippen molar-refractivity contribution < 1.29 is 9.53 Å². The third-order valence-electron chi connectivity index (χ3n) is 3.47. The molecule has 0 saturated carbocycles. The summed E-state index contributed by atoms with van der Waals surface area (Å²) in [7, 11) is 0. The van der Waals surface area contributed by atoms with E-state index < -0.39 is 0 Å². The molecule has 4 nitrogen and oxygen atoms in total. The number of carbonyl (C=O) groups excluding carboxylic acids is 1. The van der Waals surface area contributed by atoms with E-state index in [0.29, 0.717) is 17.9 Å². The lowest BCUT2D eigenvalue weighted by molar-refractivity contribution is -0.128. The molecule has 4 heteroatoms. The number of rotatable bonds is 5. The Kier molecular flexibility index (Phi) is 4.02. The van der Waals surface area contributed by atoms with Gasteiger partial charge in [-0.05, 0) is 18.8 Å². The van der Waals surface area contributed by atoms with Crippen LogP contribution in [0.1, 0.15) is 39.5 Å². The van der Waals surface area contributed by atoms with Gasteiger partial charge in [0.05, 0.1) is 6.04 Å². The molecule has 96 valence electrons. The van der Waals surface area contributed by atoms with Crippen LogP contribution >= 0.6 is 0 Å². The van der Waals surface area contributed by atoms with Crippen LogP contribution in [0.2, 0.25) is 0 Å². The van der Waals surface area contributed by atoms with E-state index in [-0.39, 0.29) is 0 Å². The average Bonchev–Trinajstić information content (AvgIpc) is 2.89. The van der Waals surface area contributed by atoms with Crippen molar-refractivity contribution in [3.8, 4) is 0 Å². The Labute approximate surface area is 103 Å². The first-order valence-corrected chi connectivity index (χ1v) is 6.66. The lowest BCUT2D eigenvalue weighted by atomic mass is 10.1. The monoisotopic (exact) mass is 238 g/mol. The molecule has 1 fully saturated rings. The van der Waals surface area contributed by atoms with Crippen molar-refractivity contribution in [1.29, 1.82) is 0 Å².